The van der Waals surface area contributed by atoms with Crippen LogP contribution in [0.15, 0.2) is 12.3 Å². The minimum atomic E-state index is -0.102. The fourth-order valence-corrected chi connectivity index (χ4v) is 3.01. The molecule has 1 N–H and O–H groups in total. The number of hydrogen-bond donors (Lipinski definition) is 1. The zero-order valence-electron chi connectivity index (χ0n) is 12.1. The highest BCUT2D eigenvalue weighted by Gasteiger charge is 2.34. The van der Waals surface area contributed by atoms with Crippen molar-refractivity contribution in [3.63, 3.8) is 0 Å². The molecule has 0 spiro atoms. The highest BCUT2D eigenvalue weighted by Crippen LogP contribution is 2.26. The minimum absolute atomic E-state index is 0.0416. The van der Waals surface area contributed by atoms with E-state index in [0.29, 0.717) is 32.7 Å². The fourth-order valence-electron chi connectivity index (χ4n) is 3.01. The van der Waals surface area contributed by atoms with Crippen molar-refractivity contribution in [1.29, 1.82) is 0 Å². The first-order valence-corrected chi connectivity index (χ1v) is 7.28. The van der Waals surface area contributed by atoms with Gasteiger partial charge in [-0.1, -0.05) is 0 Å². The second kappa shape index (κ2) is 5.85. The lowest BCUT2D eigenvalue weighted by atomic mass is 10.0. The molecule has 0 unspecified atom stereocenters. The minimum Gasteiger partial charge on any atom is -0.381 e. The molecule has 1 aromatic rings. The van der Waals surface area contributed by atoms with E-state index in [1.165, 1.54) is 0 Å². The van der Waals surface area contributed by atoms with Crippen molar-refractivity contribution < 1.29 is 14.3 Å². The lowest BCUT2D eigenvalue weighted by Crippen LogP contribution is -2.45. The van der Waals surface area contributed by atoms with Crippen LogP contribution in [-0.4, -0.2) is 53.3 Å². The SMILES string of the molecule is CNC(=O)C[C@H]1CN(C(=O)[C@@H]2CCOC2)Cc2ccnn21. The molecule has 3 heterocycles. The molecule has 7 nitrogen and oxygen atoms in total. The first-order chi connectivity index (χ1) is 10.2. The van der Waals surface area contributed by atoms with Gasteiger partial charge in [-0.05, 0) is 12.5 Å². The van der Waals surface area contributed by atoms with E-state index in [1.807, 2.05) is 15.6 Å². The van der Waals surface area contributed by atoms with E-state index in [4.69, 9.17) is 4.74 Å². The van der Waals surface area contributed by atoms with Crippen LogP contribution in [0.25, 0.3) is 0 Å². The Morgan fingerprint density at radius 3 is 3.10 bits per heavy atom. The van der Waals surface area contributed by atoms with Crippen molar-refractivity contribution in [2.75, 3.05) is 26.8 Å². The largest absolute Gasteiger partial charge is 0.381 e. The summed E-state index contributed by atoms with van der Waals surface area (Å²) in [5, 5.41) is 6.92. The van der Waals surface area contributed by atoms with Crippen molar-refractivity contribution in [1.82, 2.24) is 20.0 Å². The van der Waals surface area contributed by atoms with Gasteiger partial charge in [0, 0.05) is 26.4 Å². The summed E-state index contributed by atoms with van der Waals surface area (Å²) in [5.41, 5.74) is 0.974. The molecular formula is C14H20N4O3. The molecule has 1 fully saturated rings. The maximum absolute atomic E-state index is 12.5. The van der Waals surface area contributed by atoms with Gasteiger partial charge in [-0.3, -0.25) is 14.3 Å². The van der Waals surface area contributed by atoms with Crippen LogP contribution in [-0.2, 0) is 20.9 Å². The molecule has 2 atom stereocenters. The van der Waals surface area contributed by atoms with Crippen LogP contribution in [0.1, 0.15) is 24.6 Å². The van der Waals surface area contributed by atoms with Gasteiger partial charge in [0.2, 0.25) is 11.8 Å². The first-order valence-electron chi connectivity index (χ1n) is 7.28. The van der Waals surface area contributed by atoms with Gasteiger partial charge in [0.15, 0.2) is 0 Å². The summed E-state index contributed by atoms with van der Waals surface area (Å²) in [4.78, 5) is 26.1. The lowest BCUT2D eigenvalue weighted by Gasteiger charge is -2.34. The van der Waals surface area contributed by atoms with Crippen LogP contribution in [0.4, 0.5) is 0 Å². The molecule has 2 amide bonds. The Morgan fingerprint density at radius 2 is 2.38 bits per heavy atom. The van der Waals surface area contributed by atoms with E-state index in [0.717, 1.165) is 12.1 Å². The van der Waals surface area contributed by atoms with Gasteiger partial charge >= 0.3 is 0 Å². The molecule has 2 aliphatic rings. The smallest absolute Gasteiger partial charge is 0.228 e. The molecule has 0 bridgehead atoms. The number of amides is 2. The molecular weight excluding hydrogens is 272 g/mol. The number of carbonyl (C=O) groups is 2. The summed E-state index contributed by atoms with van der Waals surface area (Å²) in [6.45, 7) is 2.25. The summed E-state index contributed by atoms with van der Waals surface area (Å²) in [7, 11) is 1.62. The van der Waals surface area contributed by atoms with E-state index >= 15 is 0 Å². The zero-order chi connectivity index (χ0) is 14.8. The molecule has 0 saturated carbocycles. The topological polar surface area (TPSA) is 76.5 Å². The quantitative estimate of drug-likeness (QED) is 0.846. The van der Waals surface area contributed by atoms with Crippen molar-refractivity contribution in [3.05, 3.63) is 18.0 Å². The molecule has 7 heteroatoms. The van der Waals surface area contributed by atoms with Gasteiger partial charge in [0.25, 0.3) is 0 Å². The Labute approximate surface area is 123 Å². The Hall–Kier alpha value is -1.89. The average molecular weight is 292 g/mol. The van der Waals surface area contributed by atoms with E-state index < -0.39 is 0 Å². The second-order valence-corrected chi connectivity index (χ2v) is 5.58. The standard InChI is InChI=1S/C14H20N4O3/c1-15-13(19)6-12-8-17(7-11-2-4-16-18(11)12)14(20)10-3-5-21-9-10/h2,4,10,12H,3,5-9H2,1H3,(H,15,19)/t10-,12+/m1/s1. The van der Waals surface area contributed by atoms with E-state index in [9.17, 15) is 9.59 Å². The second-order valence-electron chi connectivity index (χ2n) is 5.58. The molecule has 0 radical (unpaired) electrons. The maximum atomic E-state index is 12.5. The molecule has 114 valence electrons. The monoisotopic (exact) mass is 292 g/mol. The summed E-state index contributed by atoms with van der Waals surface area (Å²) in [5.74, 6) is 0.0435. The molecule has 0 aromatic carbocycles. The molecule has 3 rings (SSSR count). The summed E-state index contributed by atoms with van der Waals surface area (Å²) >= 11 is 0. The Bertz CT molecular complexity index is 536. The van der Waals surface area contributed by atoms with Crippen LogP contribution < -0.4 is 5.32 Å². The van der Waals surface area contributed by atoms with Crippen LogP contribution >= 0.6 is 0 Å². The molecule has 1 aromatic heterocycles. The van der Waals surface area contributed by atoms with E-state index in [1.54, 1.807) is 13.2 Å². The third-order valence-electron chi connectivity index (χ3n) is 4.17. The molecule has 2 aliphatic heterocycles. The number of ether oxygens (including phenoxy) is 1. The molecule has 21 heavy (non-hydrogen) atoms. The lowest BCUT2D eigenvalue weighted by molar-refractivity contribution is -0.138. The van der Waals surface area contributed by atoms with Crippen LogP contribution in [0, 0.1) is 5.92 Å². The number of aromatic nitrogens is 2. The Morgan fingerprint density at radius 1 is 1.52 bits per heavy atom. The Kier molecular flexibility index (Phi) is 3.92. The van der Waals surface area contributed by atoms with Crippen LogP contribution in [0.2, 0.25) is 0 Å². The summed E-state index contributed by atoms with van der Waals surface area (Å²) in [6, 6.07) is 1.80. The van der Waals surface area contributed by atoms with Gasteiger partial charge in [-0.25, -0.2) is 0 Å². The predicted molar refractivity (Wildman–Crippen MR) is 74.3 cm³/mol. The van der Waals surface area contributed by atoms with Crippen LogP contribution in [0.5, 0.6) is 0 Å². The molecule has 1 saturated heterocycles. The normalized spacial score (nSPS) is 24.7. The highest BCUT2D eigenvalue weighted by atomic mass is 16.5. The maximum Gasteiger partial charge on any atom is 0.228 e. The summed E-state index contributed by atoms with van der Waals surface area (Å²) < 4.78 is 7.17. The number of nitrogens with one attached hydrogen (secondary N) is 1. The van der Waals surface area contributed by atoms with Crippen molar-refractivity contribution in [2.24, 2.45) is 5.92 Å². The van der Waals surface area contributed by atoms with Crippen LogP contribution in [0.3, 0.4) is 0 Å². The Balaban J connectivity index is 1.76. The van der Waals surface area contributed by atoms with E-state index in [-0.39, 0.29) is 23.8 Å². The molecule has 0 aliphatic carbocycles. The van der Waals surface area contributed by atoms with Gasteiger partial charge in [0.05, 0.1) is 37.2 Å². The van der Waals surface area contributed by atoms with E-state index in [2.05, 4.69) is 10.4 Å². The van der Waals surface area contributed by atoms with Crippen molar-refractivity contribution >= 4 is 11.8 Å². The fraction of sp³-hybridized carbons (Fsp3) is 0.643. The number of carbonyl (C=O) groups excluding carboxylic acids is 2. The highest BCUT2D eigenvalue weighted by molar-refractivity contribution is 5.80. The average Bonchev–Trinajstić information content (AvgIpc) is 3.17. The zero-order valence-corrected chi connectivity index (χ0v) is 12.1. The van der Waals surface area contributed by atoms with Crippen molar-refractivity contribution in [3.8, 4) is 0 Å². The number of rotatable bonds is 3. The van der Waals surface area contributed by atoms with Gasteiger partial charge in [-0.15, -0.1) is 0 Å². The van der Waals surface area contributed by atoms with Gasteiger partial charge < -0.3 is 15.0 Å². The number of hydrogen-bond acceptors (Lipinski definition) is 4. The predicted octanol–water partition coefficient (Wildman–Crippen LogP) is -0.0610. The third-order valence-corrected chi connectivity index (χ3v) is 4.17. The van der Waals surface area contributed by atoms with Gasteiger partial charge in [0.1, 0.15) is 0 Å². The van der Waals surface area contributed by atoms with Gasteiger partial charge in [-0.2, -0.15) is 5.10 Å². The number of fused-ring (bicyclic) bond motifs is 1. The van der Waals surface area contributed by atoms with Crippen molar-refractivity contribution in [2.45, 2.75) is 25.4 Å². The number of nitrogens with zero attached hydrogens (tertiary/aromatic N) is 3. The first kappa shape index (κ1) is 14.1. The summed E-state index contributed by atoms with van der Waals surface area (Å²) in [6.07, 6.45) is 2.84. The third kappa shape index (κ3) is 2.78.